The molecule has 8 heteroatoms. The van der Waals surface area contributed by atoms with Crippen LogP contribution in [0.2, 0.25) is 0 Å². The van der Waals surface area contributed by atoms with Gasteiger partial charge in [0.25, 0.3) is 0 Å². The van der Waals surface area contributed by atoms with E-state index in [0.29, 0.717) is 4.88 Å². The van der Waals surface area contributed by atoms with Gasteiger partial charge >= 0.3 is 12.1 Å². The van der Waals surface area contributed by atoms with Crippen LogP contribution in [-0.2, 0) is 17.3 Å². The van der Waals surface area contributed by atoms with Crippen LogP contribution in [0.4, 0.5) is 13.2 Å². The first-order chi connectivity index (χ1) is 9.86. The van der Waals surface area contributed by atoms with Gasteiger partial charge < -0.3 is 9.15 Å². The lowest BCUT2D eigenvalue weighted by Crippen LogP contribution is -2.14. The number of ether oxygens (including phenoxy) is 1. The molecule has 0 aliphatic carbocycles. The molecule has 0 aromatic carbocycles. The van der Waals surface area contributed by atoms with Crippen molar-refractivity contribution in [2.45, 2.75) is 26.4 Å². The predicted molar refractivity (Wildman–Crippen MR) is 70.2 cm³/mol. The van der Waals surface area contributed by atoms with Gasteiger partial charge in [-0.25, -0.2) is 9.78 Å². The normalized spacial score (nSPS) is 11.7. The standard InChI is InChI=1S/C13H12F3NO3S/c1-3-7-5-6-8(21-7)11-17-10(13(14,15)16)9(20-11)12(18)19-4-2/h5-6H,3-4H2,1-2H3. The molecule has 4 nitrogen and oxygen atoms in total. The van der Waals surface area contributed by atoms with Gasteiger partial charge in [0, 0.05) is 4.88 Å². The molecule has 2 heterocycles. The second-order valence-corrected chi connectivity index (χ2v) is 5.20. The summed E-state index contributed by atoms with van der Waals surface area (Å²) in [5.74, 6) is -2.31. The van der Waals surface area contributed by atoms with Gasteiger partial charge in [0.2, 0.25) is 11.7 Å². The van der Waals surface area contributed by atoms with Crippen LogP contribution in [0.5, 0.6) is 0 Å². The number of halogens is 3. The number of thiophene rings is 1. The van der Waals surface area contributed by atoms with E-state index in [4.69, 9.17) is 4.42 Å². The minimum absolute atomic E-state index is 0.0504. The molecule has 0 aliphatic rings. The lowest BCUT2D eigenvalue weighted by atomic mass is 10.3. The van der Waals surface area contributed by atoms with Gasteiger partial charge in [0.1, 0.15) is 0 Å². The number of aromatic nitrogens is 1. The smallest absolute Gasteiger partial charge is 0.437 e. The number of esters is 1. The lowest BCUT2D eigenvalue weighted by molar-refractivity contribution is -0.141. The molecule has 0 bridgehead atoms. The Morgan fingerprint density at radius 2 is 2.10 bits per heavy atom. The molecule has 2 aromatic heterocycles. The molecular weight excluding hydrogens is 307 g/mol. The first-order valence-corrected chi connectivity index (χ1v) is 7.02. The Morgan fingerprint density at radius 1 is 1.38 bits per heavy atom. The second-order valence-electron chi connectivity index (χ2n) is 4.03. The molecule has 0 fully saturated rings. The fraction of sp³-hybridized carbons (Fsp3) is 0.385. The summed E-state index contributed by atoms with van der Waals surface area (Å²) in [6.07, 6.45) is -4.03. The third-order valence-electron chi connectivity index (χ3n) is 2.58. The van der Waals surface area contributed by atoms with Crippen LogP contribution in [0, 0.1) is 0 Å². The van der Waals surface area contributed by atoms with Gasteiger partial charge in [0.15, 0.2) is 5.69 Å². The maximum absolute atomic E-state index is 12.9. The third-order valence-corrected chi connectivity index (χ3v) is 3.79. The predicted octanol–water partition coefficient (Wildman–Crippen LogP) is 4.16. The molecule has 21 heavy (non-hydrogen) atoms. The Balaban J connectivity index is 2.47. The van der Waals surface area contributed by atoms with Crippen LogP contribution in [-0.4, -0.2) is 17.6 Å². The Labute approximate surface area is 122 Å². The number of carbonyl (C=O) groups is 1. The summed E-state index contributed by atoms with van der Waals surface area (Å²) in [6, 6.07) is 3.39. The summed E-state index contributed by atoms with van der Waals surface area (Å²) in [4.78, 5) is 16.4. The highest BCUT2D eigenvalue weighted by Gasteiger charge is 2.42. The van der Waals surface area contributed by atoms with Crippen LogP contribution < -0.4 is 0 Å². The SMILES string of the molecule is CCOC(=O)c1oc(-c2ccc(CC)s2)nc1C(F)(F)F. The molecule has 114 valence electrons. The Bertz CT molecular complexity index is 645. The fourth-order valence-corrected chi connectivity index (χ4v) is 2.51. The van der Waals surface area contributed by atoms with Crippen LogP contribution in [0.1, 0.15) is 35.0 Å². The minimum atomic E-state index is -4.78. The molecule has 0 saturated heterocycles. The molecule has 0 saturated carbocycles. The van der Waals surface area contributed by atoms with Crippen LogP contribution >= 0.6 is 11.3 Å². The highest BCUT2D eigenvalue weighted by Crippen LogP contribution is 2.36. The highest BCUT2D eigenvalue weighted by atomic mass is 32.1. The zero-order valence-electron chi connectivity index (χ0n) is 11.3. The summed E-state index contributed by atoms with van der Waals surface area (Å²) in [7, 11) is 0. The largest absolute Gasteiger partial charge is 0.460 e. The van der Waals surface area contributed by atoms with E-state index in [1.54, 1.807) is 12.1 Å². The van der Waals surface area contributed by atoms with Crippen molar-refractivity contribution in [1.29, 1.82) is 0 Å². The number of hydrogen-bond donors (Lipinski definition) is 0. The zero-order chi connectivity index (χ0) is 15.6. The van der Waals surface area contributed by atoms with Crippen molar-refractivity contribution in [1.82, 2.24) is 4.98 Å². The number of aryl methyl sites for hydroxylation is 1. The van der Waals surface area contributed by atoms with Gasteiger partial charge in [-0.2, -0.15) is 13.2 Å². The number of hydrogen-bond acceptors (Lipinski definition) is 5. The average molecular weight is 319 g/mol. The summed E-state index contributed by atoms with van der Waals surface area (Å²) >= 11 is 1.27. The molecule has 0 radical (unpaired) electrons. The Kier molecular flexibility index (Phi) is 4.36. The first kappa shape index (κ1) is 15.6. The number of carbonyl (C=O) groups excluding carboxylic acids is 1. The topological polar surface area (TPSA) is 52.3 Å². The summed E-state index contributed by atoms with van der Waals surface area (Å²) in [5, 5.41) is 0. The van der Waals surface area contributed by atoms with Crippen molar-refractivity contribution in [2.75, 3.05) is 6.61 Å². The number of oxazole rings is 1. The second kappa shape index (κ2) is 5.88. The Morgan fingerprint density at radius 3 is 2.62 bits per heavy atom. The number of rotatable bonds is 4. The van der Waals surface area contributed by atoms with Crippen LogP contribution in [0.3, 0.4) is 0 Å². The molecule has 0 amide bonds. The van der Waals surface area contributed by atoms with Crippen LogP contribution in [0.15, 0.2) is 16.5 Å². The van der Waals surface area contributed by atoms with E-state index in [-0.39, 0.29) is 12.5 Å². The van der Waals surface area contributed by atoms with E-state index in [1.165, 1.54) is 18.3 Å². The fourth-order valence-electron chi connectivity index (χ4n) is 1.64. The summed E-state index contributed by atoms with van der Waals surface area (Å²) < 4.78 is 48.3. The highest BCUT2D eigenvalue weighted by molar-refractivity contribution is 7.15. The first-order valence-electron chi connectivity index (χ1n) is 6.21. The zero-order valence-corrected chi connectivity index (χ0v) is 12.1. The molecule has 2 rings (SSSR count). The summed E-state index contributed by atoms with van der Waals surface area (Å²) in [6.45, 7) is 3.37. The quantitative estimate of drug-likeness (QED) is 0.794. The van der Waals surface area contributed by atoms with Crippen molar-refractivity contribution in [3.05, 3.63) is 28.5 Å². The van der Waals surface area contributed by atoms with E-state index in [9.17, 15) is 18.0 Å². The van der Waals surface area contributed by atoms with Crippen molar-refractivity contribution in [3.63, 3.8) is 0 Å². The van der Waals surface area contributed by atoms with Crippen molar-refractivity contribution < 1.29 is 27.1 Å². The van der Waals surface area contributed by atoms with E-state index in [0.717, 1.165) is 11.3 Å². The molecule has 2 aromatic rings. The van der Waals surface area contributed by atoms with Crippen LogP contribution in [0.25, 0.3) is 10.8 Å². The Hall–Kier alpha value is -1.83. The average Bonchev–Trinajstić information content (AvgIpc) is 3.04. The van der Waals surface area contributed by atoms with E-state index < -0.39 is 23.6 Å². The van der Waals surface area contributed by atoms with Gasteiger partial charge in [-0.15, -0.1) is 11.3 Å². The molecular formula is C13H12F3NO3S. The maximum Gasteiger partial charge on any atom is 0.437 e. The molecule has 0 unspecified atom stereocenters. The molecule has 0 spiro atoms. The molecule has 0 N–H and O–H groups in total. The van der Waals surface area contributed by atoms with Gasteiger partial charge in [0.05, 0.1) is 11.5 Å². The van der Waals surface area contributed by atoms with E-state index >= 15 is 0 Å². The van der Waals surface area contributed by atoms with Gasteiger partial charge in [-0.1, -0.05) is 6.92 Å². The maximum atomic E-state index is 12.9. The third kappa shape index (κ3) is 3.26. The monoisotopic (exact) mass is 319 g/mol. The molecule has 0 aliphatic heterocycles. The van der Waals surface area contributed by atoms with E-state index in [1.807, 2.05) is 6.92 Å². The van der Waals surface area contributed by atoms with Gasteiger partial charge in [-0.3, -0.25) is 0 Å². The lowest BCUT2D eigenvalue weighted by Gasteiger charge is -2.03. The molecule has 0 atom stereocenters. The number of nitrogens with zero attached hydrogens (tertiary/aromatic N) is 1. The van der Waals surface area contributed by atoms with Gasteiger partial charge in [-0.05, 0) is 25.5 Å². The van der Waals surface area contributed by atoms with Crippen molar-refractivity contribution in [3.8, 4) is 10.8 Å². The minimum Gasteiger partial charge on any atom is -0.460 e. The number of alkyl halides is 3. The van der Waals surface area contributed by atoms with E-state index in [2.05, 4.69) is 9.72 Å². The van der Waals surface area contributed by atoms with Crippen molar-refractivity contribution >= 4 is 17.3 Å². The van der Waals surface area contributed by atoms with Crippen molar-refractivity contribution in [2.24, 2.45) is 0 Å². The summed E-state index contributed by atoms with van der Waals surface area (Å²) in [5.41, 5.74) is -1.36.